The molecule has 2 aliphatic carbocycles. The van der Waals surface area contributed by atoms with Crippen molar-refractivity contribution >= 4 is 27.9 Å². The van der Waals surface area contributed by atoms with Gasteiger partial charge in [-0.1, -0.05) is 19.3 Å². The average Bonchev–Trinajstić information content (AvgIpc) is 3.82. The van der Waals surface area contributed by atoms with E-state index in [4.69, 9.17) is 4.74 Å². The molecule has 0 atom stereocenters. The first-order valence-corrected chi connectivity index (χ1v) is 12.2. The molecule has 12 heteroatoms. The van der Waals surface area contributed by atoms with Crippen LogP contribution in [0, 0.1) is 31.1 Å². The molecule has 1 aliphatic heterocycles. The maximum atomic E-state index is 13.5. The maximum Gasteiger partial charge on any atom is 0.281 e. The largest absolute Gasteiger partial charge is 0.371 e. The third-order valence-corrected chi connectivity index (χ3v) is 6.66. The van der Waals surface area contributed by atoms with Gasteiger partial charge in [-0.05, 0) is 31.0 Å². The maximum absolute atomic E-state index is 13.5. The summed E-state index contributed by atoms with van der Waals surface area (Å²) in [6, 6.07) is 5.42. The van der Waals surface area contributed by atoms with Crippen molar-refractivity contribution in [2.24, 2.45) is 0 Å². The Hall–Kier alpha value is -2.39. The third kappa shape index (κ3) is 5.44. The van der Waals surface area contributed by atoms with Gasteiger partial charge in [0, 0.05) is 80.0 Å². The van der Waals surface area contributed by atoms with E-state index in [1.54, 1.807) is 4.52 Å². The van der Waals surface area contributed by atoms with Gasteiger partial charge in [0.2, 0.25) is 0 Å². The summed E-state index contributed by atoms with van der Waals surface area (Å²) in [5.74, 6) is 0.561. The number of aromatic nitrogens is 5. The van der Waals surface area contributed by atoms with Crippen LogP contribution in [-0.2, 0) is 4.74 Å². The fourth-order valence-electron chi connectivity index (χ4n) is 4.35. The number of hydrogen-bond donors (Lipinski definition) is 1. The topological polar surface area (TPSA) is 91.9 Å². The molecule has 0 unspecified atom stereocenters. The number of halogens is 2. The van der Waals surface area contributed by atoms with E-state index in [0.717, 1.165) is 36.7 Å². The Balaban J connectivity index is 0.000000655. The minimum Gasteiger partial charge on any atom is -0.371 e. The normalized spacial score (nSPS) is 17.5. The summed E-state index contributed by atoms with van der Waals surface area (Å²) in [5.41, 5.74) is 1.76. The molecule has 1 spiro atoms. The summed E-state index contributed by atoms with van der Waals surface area (Å²) in [7, 11) is 1.41. The minimum absolute atomic E-state index is 0. The van der Waals surface area contributed by atoms with Crippen LogP contribution in [-0.4, -0.2) is 62.1 Å². The number of fused-ring (bicyclic) bond motifs is 2. The molecule has 0 radical (unpaired) electrons. The quantitative estimate of drug-likeness (QED) is 0.304. The van der Waals surface area contributed by atoms with Crippen LogP contribution in [0.3, 0.4) is 0 Å². The summed E-state index contributed by atoms with van der Waals surface area (Å²) in [6.45, 7) is 2.36. The van der Waals surface area contributed by atoms with E-state index in [1.807, 2.05) is 18.3 Å². The summed E-state index contributed by atoms with van der Waals surface area (Å²) >= 11 is 0. The van der Waals surface area contributed by atoms with Crippen molar-refractivity contribution in [2.75, 3.05) is 36.7 Å². The molecule has 4 aromatic heterocycles. The molecule has 3 fully saturated rings. The molecule has 3 aliphatic rings. The van der Waals surface area contributed by atoms with E-state index in [1.165, 1.54) is 44.8 Å². The van der Waals surface area contributed by atoms with Crippen LogP contribution in [0.4, 0.5) is 20.3 Å². The molecular formula is C25H27F2N7O2U. The van der Waals surface area contributed by atoms with Crippen LogP contribution in [0.25, 0.3) is 27.8 Å². The third-order valence-electron chi connectivity index (χ3n) is 6.66. The van der Waals surface area contributed by atoms with Gasteiger partial charge in [-0.25, -0.2) is 28.3 Å². The Morgan fingerprint density at radius 2 is 1.89 bits per heavy atom. The van der Waals surface area contributed by atoms with Crippen LogP contribution < -0.4 is 9.96 Å². The standard InChI is InChI=1S/C22H21F2N7O2.C3H6.U/c1-29(32)18-8-14-15(9-25-18)19(20(23)24)26-10-16(14)21-27-17-3-2-13(11-31(17)28-21)30-6-7-33-22(12-30)4-5-22;1-2-3-1;/h2-3,8-11,20,32H,4-7,12H2,1H3;1-3H2;. The van der Waals surface area contributed by atoms with Gasteiger partial charge in [0.1, 0.15) is 5.69 Å². The van der Waals surface area contributed by atoms with Gasteiger partial charge >= 0.3 is 0 Å². The zero-order valence-corrected chi connectivity index (χ0v) is 24.6. The monoisotopic (exact) mass is 733 g/mol. The summed E-state index contributed by atoms with van der Waals surface area (Å²) in [6.07, 6.45) is 8.47. The molecule has 5 heterocycles. The fourth-order valence-corrected chi connectivity index (χ4v) is 4.35. The van der Waals surface area contributed by atoms with E-state index in [9.17, 15) is 14.0 Å². The van der Waals surface area contributed by atoms with Gasteiger partial charge in [0.15, 0.2) is 17.3 Å². The first-order valence-electron chi connectivity index (χ1n) is 12.2. The van der Waals surface area contributed by atoms with E-state index >= 15 is 0 Å². The van der Waals surface area contributed by atoms with Crippen LogP contribution in [0.5, 0.6) is 0 Å². The Labute approximate surface area is 236 Å². The van der Waals surface area contributed by atoms with Crippen LogP contribution in [0.2, 0.25) is 0 Å². The number of morpholine rings is 1. The zero-order valence-electron chi connectivity index (χ0n) is 20.4. The molecule has 0 bridgehead atoms. The summed E-state index contributed by atoms with van der Waals surface area (Å²) in [4.78, 5) is 14.9. The number of ether oxygens (including phenoxy) is 1. The van der Waals surface area contributed by atoms with Gasteiger partial charge in [-0.3, -0.25) is 10.2 Å². The predicted molar refractivity (Wildman–Crippen MR) is 131 cm³/mol. The van der Waals surface area contributed by atoms with Gasteiger partial charge in [0.05, 0.1) is 24.1 Å². The van der Waals surface area contributed by atoms with E-state index in [-0.39, 0.29) is 53.6 Å². The first-order chi connectivity index (χ1) is 17.4. The SMILES string of the molecule is C1CC1.CN(O)c1cc2c(-c3nc4ccc(N5CCOC6(CC6)C5)cn4n3)cnc(C(F)F)c2cn1.[U]. The number of alkyl halides is 2. The van der Waals surface area contributed by atoms with Gasteiger partial charge < -0.3 is 9.64 Å². The molecule has 192 valence electrons. The molecule has 0 aromatic carbocycles. The smallest absolute Gasteiger partial charge is 0.281 e. The first kappa shape index (κ1) is 26.2. The van der Waals surface area contributed by atoms with Crippen molar-refractivity contribution in [1.29, 1.82) is 0 Å². The second-order valence-corrected chi connectivity index (χ2v) is 9.61. The number of anilines is 2. The van der Waals surface area contributed by atoms with Crippen LogP contribution >= 0.6 is 0 Å². The second-order valence-electron chi connectivity index (χ2n) is 9.61. The molecule has 2 saturated carbocycles. The number of hydrogen-bond acceptors (Lipinski definition) is 8. The number of nitrogens with zero attached hydrogens (tertiary/aromatic N) is 7. The summed E-state index contributed by atoms with van der Waals surface area (Å²) in [5, 5.41) is 15.9. The Morgan fingerprint density at radius 3 is 2.57 bits per heavy atom. The Kier molecular flexibility index (Phi) is 7.38. The Morgan fingerprint density at radius 1 is 1.11 bits per heavy atom. The minimum atomic E-state index is -2.76. The Bertz CT molecular complexity index is 1420. The molecule has 1 saturated heterocycles. The van der Waals surface area contributed by atoms with Crippen molar-refractivity contribution in [3.8, 4) is 11.4 Å². The zero-order chi connectivity index (χ0) is 24.9. The second kappa shape index (κ2) is 10.4. The van der Waals surface area contributed by atoms with Gasteiger partial charge in [-0.15, -0.1) is 5.10 Å². The van der Waals surface area contributed by atoms with Crippen molar-refractivity contribution in [1.82, 2.24) is 24.6 Å². The molecule has 0 amide bonds. The van der Waals surface area contributed by atoms with E-state index < -0.39 is 6.43 Å². The van der Waals surface area contributed by atoms with Crippen molar-refractivity contribution < 1.29 is 49.8 Å². The van der Waals surface area contributed by atoms with Crippen LogP contribution in [0.1, 0.15) is 44.2 Å². The molecule has 9 nitrogen and oxygen atoms in total. The molecule has 7 rings (SSSR count). The molecule has 1 N–H and O–H groups in total. The number of rotatable bonds is 4. The number of hydroxylamine groups is 1. The van der Waals surface area contributed by atoms with E-state index in [2.05, 4.69) is 25.0 Å². The van der Waals surface area contributed by atoms with Gasteiger partial charge in [0.25, 0.3) is 6.43 Å². The van der Waals surface area contributed by atoms with Crippen LogP contribution in [0.15, 0.2) is 36.8 Å². The fraction of sp³-hybridized carbons (Fsp3) is 0.440. The summed E-state index contributed by atoms with van der Waals surface area (Å²) < 4.78 is 34.7. The molecular weight excluding hydrogens is 706 g/mol. The molecule has 37 heavy (non-hydrogen) atoms. The predicted octanol–water partition coefficient (Wildman–Crippen LogP) is 4.64. The van der Waals surface area contributed by atoms with Crippen molar-refractivity contribution in [2.45, 2.75) is 44.1 Å². The van der Waals surface area contributed by atoms with Gasteiger partial charge in [-0.2, -0.15) is 0 Å². The molecule has 4 aromatic rings. The average molecular weight is 734 g/mol. The van der Waals surface area contributed by atoms with Crippen molar-refractivity contribution in [3.63, 3.8) is 0 Å². The van der Waals surface area contributed by atoms with Crippen molar-refractivity contribution in [3.05, 3.63) is 42.5 Å². The number of pyridine rings is 3. The van der Waals surface area contributed by atoms with E-state index in [0.29, 0.717) is 29.0 Å².